The van der Waals surface area contributed by atoms with Crippen LogP contribution in [0, 0.1) is 5.82 Å². The van der Waals surface area contributed by atoms with E-state index >= 15 is 0 Å². The van der Waals surface area contributed by atoms with Crippen molar-refractivity contribution in [2.75, 3.05) is 5.32 Å². The number of furan rings is 1. The lowest BCUT2D eigenvalue weighted by molar-refractivity contribution is 0.152. The van der Waals surface area contributed by atoms with Crippen molar-refractivity contribution in [3.63, 3.8) is 0 Å². The molecule has 5 rings (SSSR count). The number of aromatic nitrogens is 2. The van der Waals surface area contributed by atoms with E-state index in [1.807, 2.05) is 36.4 Å². The fourth-order valence-corrected chi connectivity index (χ4v) is 4.04. The molecule has 1 atom stereocenters. The third-order valence-corrected chi connectivity index (χ3v) is 5.93. The highest BCUT2D eigenvalue weighted by Gasteiger charge is 2.11. The van der Waals surface area contributed by atoms with Gasteiger partial charge in [0.15, 0.2) is 0 Å². The summed E-state index contributed by atoms with van der Waals surface area (Å²) in [5.41, 5.74) is 3.07. The van der Waals surface area contributed by atoms with Crippen molar-refractivity contribution in [1.82, 2.24) is 15.3 Å². The zero-order chi connectivity index (χ0) is 25.8. The van der Waals surface area contributed by atoms with Gasteiger partial charge < -0.3 is 19.6 Å². The molecule has 37 heavy (non-hydrogen) atoms. The van der Waals surface area contributed by atoms with Crippen LogP contribution in [0.1, 0.15) is 18.2 Å². The Bertz CT molecular complexity index is 1540. The Labute approximate surface area is 217 Å². The molecular weight excluding hydrogens is 495 g/mol. The molecule has 5 aromatic rings. The number of aliphatic hydroxyl groups is 1. The average Bonchev–Trinajstić information content (AvgIpc) is 3.36. The van der Waals surface area contributed by atoms with Gasteiger partial charge in [0.1, 0.15) is 48.1 Å². The Morgan fingerprint density at radius 1 is 1.05 bits per heavy atom. The number of hydrogen-bond acceptors (Lipinski definition) is 7. The maximum Gasteiger partial charge on any atom is 0.141 e. The molecule has 1 unspecified atom stereocenters. The maximum absolute atomic E-state index is 13.4. The largest absolute Gasteiger partial charge is 0.487 e. The first-order chi connectivity index (χ1) is 17.9. The van der Waals surface area contributed by atoms with Crippen molar-refractivity contribution in [2.24, 2.45) is 0 Å². The molecule has 0 saturated heterocycles. The molecule has 2 heterocycles. The van der Waals surface area contributed by atoms with E-state index in [2.05, 4.69) is 20.6 Å². The second-order valence-corrected chi connectivity index (χ2v) is 8.87. The van der Waals surface area contributed by atoms with Gasteiger partial charge in [0.05, 0.1) is 17.1 Å². The van der Waals surface area contributed by atoms with Crippen molar-refractivity contribution in [3.05, 3.63) is 101 Å². The summed E-state index contributed by atoms with van der Waals surface area (Å²) in [6.45, 7) is 2.28. The van der Waals surface area contributed by atoms with Crippen LogP contribution in [-0.4, -0.2) is 21.3 Å². The third kappa shape index (κ3) is 6.06. The van der Waals surface area contributed by atoms with Crippen molar-refractivity contribution in [1.29, 1.82) is 0 Å². The highest BCUT2D eigenvalue weighted by Crippen LogP contribution is 2.32. The minimum atomic E-state index is -0.623. The summed E-state index contributed by atoms with van der Waals surface area (Å²) < 4.78 is 25.1. The zero-order valence-electron chi connectivity index (χ0n) is 19.9. The van der Waals surface area contributed by atoms with Crippen LogP contribution in [0.2, 0.25) is 5.02 Å². The maximum atomic E-state index is 13.4. The van der Waals surface area contributed by atoms with E-state index in [0.29, 0.717) is 40.2 Å². The van der Waals surface area contributed by atoms with Gasteiger partial charge in [-0.25, -0.2) is 14.4 Å². The molecule has 0 aliphatic rings. The molecule has 0 saturated carbocycles. The normalized spacial score (nSPS) is 12.0. The van der Waals surface area contributed by atoms with Gasteiger partial charge in [0.2, 0.25) is 0 Å². The number of ether oxygens (including phenoxy) is 1. The van der Waals surface area contributed by atoms with E-state index in [1.165, 1.54) is 18.5 Å². The van der Waals surface area contributed by atoms with Crippen LogP contribution in [0.4, 0.5) is 15.9 Å². The summed E-state index contributed by atoms with van der Waals surface area (Å²) in [7, 11) is 0. The molecule has 0 aliphatic heterocycles. The second kappa shape index (κ2) is 11.0. The molecule has 9 heteroatoms. The molecule has 0 amide bonds. The average molecular weight is 519 g/mol. The van der Waals surface area contributed by atoms with Gasteiger partial charge in [-0.1, -0.05) is 23.7 Å². The van der Waals surface area contributed by atoms with Gasteiger partial charge in [-0.05, 0) is 73.2 Å². The van der Waals surface area contributed by atoms with Crippen LogP contribution in [-0.2, 0) is 13.2 Å². The lowest BCUT2D eigenvalue weighted by Gasteiger charge is -2.12. The number of rotatable bonds is 9. The van der Waals surface area contributed by atoms with E-state index in [1.54, 1.807) is 31.2 Å². The number of benzene rings is 3. The van der Waals surface area contributed by atoms with Gasteiger partial charge in [0, 0.05) is 16.6 Å². The Morgan fingerprint density at radius 3 is 2.76 bits per heavy atom. The van der Waals surface area contributed by atoms with E-state index in [-0.39, 0.29) is 12.4 Å². The fourth-order valence-electron chi connectivity index (χ4n) is 3.81. The zero-order valence-corrected chi connectivity index (χ0v) is 20.7. The lowest BCUT2D eigenvalue weighted by atomic mass is 10.1. The summed E-state index contributed by atoms with van der Waals surface area (Å²) in [6.07, 6.45) is 0.873. The van der Waals surface area contributed by atoms with Gasteiger partial charge in [-0.2, -0.15) is 0 Å². The molecule has 0 bridgehead atoms. The monoisotopic (exact) mass is 518 g/mol. The first kappa shape index (κ1) is 24.7. The standard InChI is InChI=1S/C28H24ClFN4O3/c1-17(35)31-14-22-7-10-26(37-22)19-5-8-25-23(12-19)28(33-16-32-25)34-21-6-9-27(24(29)13-21)36-15-18-3-2-4-20(30)11-18/h2-13,16-17,31,35H,14-15H2,1H3,(H,32,33,34). The lowest BCUT2D eigenvalue weighted by Crippen LogP contribution is -2.24. The van der Waals surface area contributed by atoms with E-state index in [0.717, 1.165) is 22.2 Å². The van der Waals surface area contributed by atoms with Gasteiger partial charge in [-0.3, -0.25) is 5.32 Å². The minimum Gasteiger partial charge on any atom is -0.487 e. The Hall–Kier alpha value is -3.98. The number of aliphatic hydroxyl groups excluding tert-OH is 1. The van der Waals surface area contributed by atoms with E-state index in [9.17, 15) is 9.50 Å². The van der Waals surface area contributed by atoms with Crippen LogP contribution in [0.5, 0.6) is 5.75 Å². The van der Waals surface area contributed by atoms with Gasteiger partial charge in [-0.15, -0.1) is 0 Å². The summed E-state index contributed by atoms with van der Waals surface area (Å²) in [6, 6.07) is 21.1. The van der Waals surface area contributed by atoms with Crippen molar-refractivity contribution >= 4 is 34.0 Å². The van der Waals surface area contributed by atoms with Gasteiger partial charge >= 0.3 is 0 Å². The Morgan fingerprint density at radius 2 is 1.95 bits per heavy atom. The number of anilines is 2. The molecule has 0 fully saturated rings. The molecule has 3 N–H and O–H groups in total. The predicted octanol–water partition coefficient (Wildman–Crippen LogP) is 6.43. The first-order valence-corrected chi connectivity index (χ1v) is 12.0. The predicted molar refractivity (Wildman–Crippen MR) is 141 cm³/mol. The number of nitrogens with zero attached hydrogens (tertiary/aromatic N) is 2. The summed E-state index contributed by atoms with van der Waals surface area (Å²) >= 11 is 6.46. The van der Waals surface area contributed by atoms with Crippen LogP contribution in [0.15, 0.2) is 83.5 Å². The van der Waals surface area contributed by atoms with Crippen LogP contribution in [0.3, 0.4) is 0 Å². The topological polar surface area (TPSA) is 92.4 Å². The van der Waals surface area contributed by atoms with Crippen LogP contribution >= 0.6 is 11.6 Å². The molecule has 3 aromatic carbocycles. The van der Waals surface area contributed by atoms with Gasteiger partial charge in [0.25, 0.3) is 0 Å². The SMILES string of the molecule is CC(O)NCc1ccc(-c2ccc3ncnc(Nc4ccc(OCc5cccc(F)c5)c(Cl)c4)c3c2)o1. The quantitative estimate of drug-likeness (QED) is 0.193. The molecule has 7 nitrogen and oxygen atoms in total. The third-order valence-electron chi connectivity index (χ3n) is 5.63. The Balaban J connectivity index is 1.34. The van der Waals surface area contributed by atoms with Crippen LogP contribution < -0.4 is 15.4 Å². The fraction of sp³-hybridized carbons (Fsp3) is 0.143. The smallest absolute Gasteiger partial charge is 0.141 e. The van der Waals surface area contributed by atoms with Crippen molar-refractivity contribution in [3.8, 4) is 17.1 Å². The highest BCUT2D eigenvalue weighted by atomic mass is 35.5. The number of nitrogens with one attached hydrogen (secondary N) is 2. The number of fused-ring (bicyclic) bond motifs is 1. The second-order valence-electron chi connectivity index (χ2n) is 8.47. The van der Waals surface area contributed by atoms with Crippen molar-refractivity contribution < 1.29 is 18.7 Å². The minimum absolute atomic E-state index is 0.202. The van der Waals surface area contributed by atoms with E-state index in [4.69, 9.17) is 20.8 Å². The van der Waals surface area contributed by atoms with E-state index < -0.39 is 6.23 Å². The molecule has 0 spiro atoms. The molecule has 0 radical (unpaired) electrons. The summed E-state index contributed by atoms with van der Waals surface area (Å²) in [5, 5.41) is 16.9. The number of halogens is 2. The van der Waals surface area contributed by atoms with Crippen molar-refractivity contribution in [2.45, 2.75) is 26.3 Å². The summed E-state index contributed by atoms with van der Waals surface area (Å²) in [4.78, 5) is 8.80. The first-order valence-electron chi connectivity index (χ1n) is 11.6. The molecule has 0 aliphatic carbocycles. The highest BCUT2D eigenvalue weighted by molar-refractivity contribution is 6.32. The molecular formula is C28H24ClFN4O3. The van der Waals surface area contributed by atoms with Crippen LogP contribution in [0.25, 0.3) is 22.2 Å². The number of hydrogen-bond donors (Lipinski definition) is 3. The molecule has 188 valence electrons. The molecule has 2 aromatic heterocycles. The summed E-state index contributed by atoms with van der Waals surface area (Å²) in [5.74, 6) is 2.20. The Kier molecular flexibility index (Phi) is 7.32.